The molecular weight excluding hydrogens is 469 g/mol. The van der Waals surface area contributed by atoms with Crippen molar-refractivity contribution in [3.63, 3.8) is 0 Å². The minimum absolute atomic E-state index is 0.0736. The fourth-order valence-corrected chi connectivity index (χ4v) is 4.66. The molecule has 1 fully saturated rings. The Hall–Kier alpha value is -3.18. The second-order valence-electron chi connectivity index (χ2n) is 7.85. The lowest BCUT2D eigenvalue weighted by molar-refractivity contribution is -0.274. The van der Waals surface area contributed by atoms with E-state index in [2.05, 4.69) is 15.0 Å². The number of alkyl halides is 3. The number of piperazine rings is 1. The van der Waals surface area contributed by atoms with Crippen molar-refractivity contribution in [2.24, 2.45) is 0 Å². The van der Waals surface area contributed by atoms with E-state index >= 15 is 0 Å². The molecule has 0 atom stereocenters. The first kappa shape index (κ1) is 24.0. The summed E-state index contributed by atoms with van der Waals surface area (Å²) < 4.78 is 41.6. The number of hydrogen-bond acceptors (Lipinski definition) is 6. The minimum atomic E-state index is -4.76. The molecule has 0 spiro atoms. The number of nitrogens with zero attached hydrogens (tertiary/aromatic N) is 3. The number of aromatic nitrogens is 1. The molecular formula is C23H23F3N4O3S. The van der Waals surface area contributed by atoms with Crippen LogP contribution in [0.15, 0.2) is 48.5 Å². The van der Waals surface area contributed by atoms with Crippen molar-refractivity contribution in [3.8, 4) is 5.75 Å². The van der Waals surface area contributed by atoms with Gasteiger partial charge in [-0.25, -0.2) is 4.98 Å². The molecule has 2 aromatic carbocycles. The largest absolute Gasteiger partial charge is 0.573 e. The van der Waals surface area contributed by atoms with Crippen LogP contribution in [0.25, 0.3) is 10.2 Å². The molecule has 2 amide bonds. The van der Waals surface area contributed by atoms with Crippen LogP contribution in [0.3, 0.4) is 0 Å². The van der Waals surface area contributed by atoms with Crippen LogP contribution in [0.2, 0.25) is 0 Å². The molecule has 4 rings (SSSR count). The minimum Gasteiger partial charge on any atom is -0.406 e. The number of rotatable bonds is 7. The van der Waals surface area contributed by atoms with Gasteiger partial charge in [0, 0.05) is 44.7 Å². The first-order valence-electron chi connectivity index (χ1n) is 10.8. The monoisotopic (exact) mass is 492 g/mol. The average molecular weight is 493 g/mol. The third-order valence-electron chi connectivity index (χ3n) is 5.35. The Kier molecular flexibility index (Phi) is 7.32. The predicted molar refractivity (Wildman–Crippen MR) is 123 cm³/mol. The number of para-hydroxylation sites is 1. The van der Waals surface area contributed by atoms with E-state index in [1.165, 1.54) is 12.1 Å². The second-order valence-corrected chi connectivity index (χ2v) is 8.97. The Bertz CT molecular complexity index is 1110. The number of carbonyl (C=O) groups excluding carboxylic acids is 2. The van der Waals surface area contributed by atoms with Gasteiger partial charge in [0.2, 0.25) is 11.8 Å². The van der Waals surface area contributed by atoms with Gasteiger partial charge in [-0.1, -0.05) is 12.1 Å². The Morgan fingerprint density at radius 2 is 1.74 bits per heavy atom. The second kappa shape index (κ2) is 10.4. The third-order valence-corrected chi connectivity index (χ3v) is 6.45. The van der Waals surface area contributed by atoms with Crippen LogP contribution in [0.4, 0.5) is 18.9 Å². The van der Waals surface area contributed by atoms with Crippen LogP contribution in [-0.2, 0) is 16.0 Å². The summed E-state index contributed by atoms with van der Waals surface area (Å²) in [6.07, 6.45) is -3.76. The van der Waals surface area contributed by atoms with Crippen molar-refractivity contribution < 1.29 is 27.5 Å². The van der Waals surface area contributed by atoms with Gasteiger partial charge in [-0.15, -0.1) is 24.5 Å². The van der Waals surface area contributed by atoms with Gasteiger partial charge >= 0.3 is 6.36 Å². The maximum absolute atomic E-state index is 12.6. The molecule has 0 radical (unpaired) electrons. The molecule has 0 unspecified atom stereocenters. The zero-order valence-corrected chi connectivity index (χ0v) is 19.0. The van der Waals surface area contributed by atoms with Crippen molar-refractivity contribution in [1.29, 1.82) is 0 Å². The first-order valence-corrected chi connectivity index (χ1v) is 11.6. The van der Waals surface area contributed by atoms with Gasteiger partial charge in [-0.2, -0.15) is 0 Å². The highest BCUT2D eigenvalue weighted by Gasteiger charge is 2.31. The number of benzene rings is 2. The maximum atomic E-state index is 12.6. The Morgan fingerprint density at radius 3 is 2.41 bits per heavy atom. The number of ether oxygens (including phenoxy) is 1. The summed E-state index contributed by atoms with van der Waals surface area (Å²) in [5.74, 6) is -0.556. The highest BCUT2D eigenvalue weighted by atomic mass is 32.1. The molecule has 0 saturated carbocycles. The van der Waals surface area contributed by atoms with E-state index in [0.717, 1.165) is 27.4 Å². The van der Waals surface area contributed by atoms with Gasteiger partial charge in [0.25, 0.3) is 0 Å². The van der Waals surface area contributed by atoms with Crippen molar-refractivity contribution in [2.45, 2.75) is 19.2 Å². The number of amides is 2. The van der Waals surface area contributed by atoms with Crippen LogP contribution >= 0.6 is 11.3 Å². The van der Waals surface area contributed by atoms with Crippen molar-refractivity contribution in [2.75, 3.05) is 38.0 Å². The Balaban J connectivity index is 1.18. The van der Waals surface area contributed by atoms with Gasteiger partial charge in [0.1, 0.15) is 5.75 Å². The molecule has 1 saturated heterocycles. The van der Waals surface area contributed by atoms with Crippen molar-refractivity contribution >= 4 is 39.1 Å². The Morgan fingerprint density at radius 1 is 1.03 bits per heavy atom. The zero-order chi connectivity index (χ0) is 24.1. The third kappa shape index (κ3) is 6.67. The van der Waals surface area contributed by atoms with Gasteiger partial charge in [-0.05, 0) is 36.4 Å². The molecule has 0 bridgehead atoms. The first-order chi connectivity index (χ1) is 16.2. The van der Waals surface area contributed by atoms with Crippen LogP contribution in [-0.4, -0.2) is 65.7 Å². The van der Waals surface area contributed by atoms with E-state index in [9.17, 15) is 22.8 Å². The van der Waals surface area contributed by atoms with Crippen LogP contribution < -0.4 is 10.1 Å². The number of thiazole rings is 1. The van der Waals surface area contributed by atoms with Gasteiger partial charge in [0.05, 0.1) is 21.8 Å². The number of nitrogens with one attached hydrogen (secondary N) is 1. The highest BCUT2D eigenvalue weighted by molar-refractivity contribution is 7.18. The molecule has 11 heteroatoms. The van der Waals surface area contributed by atoms with Gasteiger partial charge in [0.15, 0.2) is 0 Å². The molecule has 3 aromatic rings. The predicted octanol–water partition coefficient (Wildman–Crippen LogP) is 3.91. The number of aryl methyl sites for hydroxylation is 1. The van der Waals surface area contributed by atoms with Gasteiger partial charge in [-0.3, -0.25) is 14.5 Å². The van der Waals surface area contributed by atoms with E-state index in [4.69, 9.17) is 0 Å². The summed E-state index contributed by atoms with van der Waals surface area (Å²) in [4.78, 5) is 33.2. The number of halogens is 3. The molecule has 180 valence electrons. The number of hydrogen-bond donors (Lipinski definition) is 1. The fourth-order valence-electron chi connectivity index (χ4n) is 3.70. The molecule has 0 aliphatic carbocycles. The van der Waals surface area contributed by atoms with Crippen LogP contribution in [0, 0.1) is 0 Å². The lowest BCUT2D eigenvalue weighted by Crippen LogP contribution is -2.50. The molecule has 7 nitrogen and oxygen atoms in total. The average Bonchev–Trinajstić information content (AvgIpc) is 3.21. The molecule has 34 heavy (non-hydrogen) atoms. The SMILES string of the molecule is O=C(CN1CCN(C(=O)CCc2nc3ccccc3s2)CC1)Nc1ccc(OC(F)(F)F)cc1. The van der Waals surface area contributed by atoms with Crippen LogP contribution in [0.1, 0.15) is 11.4 Å². The normalized spacial score (nSPS) is 14.9. The summed E-state index contributed by atoms with van der Waals surface area (Å²) in [6.45, 7) is 2.34. The number of carbonyl (C=O) groups is 2. The lowest BCUT2D eigenvalue weighted by atomic mass is 10.2. The molecule has 1 aliphatic heterocycles. The summed E-state index contributed by atoms with van der Waals surface area (Å²) in [5, 5.41) is 3.61. The van der Waals surface area contributed by atoms with Crippen molar-refractivity contribution in [3.05, 3.63) is 53.5 Å². The smallest absolute Gasteiger partial charge is 0.406 e. The fraction of sp³-hybridized carbons (Fsp3) is 0.348. The highest BCUT2D eigenvalue weighted by Crippen LogP contribution is 2.24. The molecule has 1 aromatic heterocycles. The zero-order valence-electron chi connectivity index (χ0n) is 18.2. The molecule has 1 aliphatic rings. The number of fused-ring (bicyclic) bond motifs is 1. The summed E-state index contributed by atoms with van der Waals surface area (Å²) in [7, 11) is 0. The standard InChI is InChI=1S/C23H23F3N4O3S/c24-23(25,26)33-17-7-5-16(6-8-17)27-20(31)15-29-11-13-30(14-12-29)22(32)10-9-21-28-18-3-1-2-4-19(18)34-21/h1-8H,9-15H2,(H,27,31). The number of anilines is 1. The summed E-state index contributed by atoms with van der Waals surface area (Å²) in [5.41, 5.74) is 1.33. The summed E-state index contributed by atoms with van der Waals surface area (Å²) in [6, 6.07) is 12.9. The van der Waals surface area contributed by atoms with E-state index in [1.807, 2.05) is 29.2 Å². The van der Waals surface area contributed by atoms with E-state index in [0.29, 0.717) is 44.7 Å². The van der Waals surface area contributed by atoms with E-state index < -0.39 is 6.36 Å². The van der Waals surface area contributed by atoms with Crippen LogP contribution in [0.5, 0.6) is 5.75 Å². The quantitative estimate of drug-likeness (QED) is 0.542. The molecule has 2 heterocycles. The van der Waals surface area contributed by atoms with E-state index in [1.54, 1.807) is 16.2 Å². The van der Waals surface area contributed by atoms with Gasteiger partial charge < -0.3 is 15.0 Å². The lowest BCUT2D eigenvalue weighted by Gasteiger charge is -2.34. The summed E-state index contributed by atoms with van der Waals surface area (Å²) >= 11 is 1.61. The molecule has 1 N–H and O–H groups in total. The maximum Gasteiger partial charge on any atom is 0.573 e. The Labute approximate surface area is 198 Å². The topological polar surface area (TPSA) is 74.8 Å². The van der Waals surface area contributed by atoms with E-state index in [-0.39, 0.29) is 24.1 Å². The van der Waals surface area contributed by atoms with Crippen molar-refractivity contribution in [1.82, 2.24) is 14.8 Å².